The number of carbonyl (C=O) groups excluding carboxylic acids is 3. The minimum atomic E-state index is -0.784. The van der Waals surface area contributed by atoms with Gasteiger partial charge in [-0.25, -0.2) is 0 Å². The summed E-state index contributed by atoms with van der Waals surface area (Å²) >= 11 is 0. The summed E-state index contributed by atoms with van der Waals surface area (Å²) in [6.45, 7) is 6.55. The third-order valence-corrected chi connectivity index (χ3v) is 15.8. The Hall–Kier alpha value is -2.89. The fourth-order valence-electron chi connectivity index (χ4n) is 10.5. The summed E-state index contributed by atoms with van der Waals surface area (Å²) in [7, 11) is 0. The number of esters is 3. The van der Waals surface area contributed by atoms with Crippen molar-refractivity contribution in [1.29, 1.82) is 0 Å². The molecule has 0 aromatic rings. The second-order valence-electron chi connectivity index (χ2n) is 23.8. The van der Waals surface area contributed by atoms with Crippen molar-refractivity contribution in [3.63, 3.8) is 0 Å². The molecule has 0 bridgehead atoms. The van der Waals surface area contributed by atoms with Crippen LogP contribution in [-0.4, -0.2) is 37.2 Å². The summed E-state index contributed by atoms with van der Waals surface area (Å²) in [4.78, 5) is 38.4. The van der Waals surface area contributed by atoms with Gasteiger partial charge in [0.1, 0.15) is 13.2 Å². The van der Waals surface area contributed by atoms with Crippen molar-refractivity contribution in [2.75, 3.05) is 13.2 Å². The lowest BCUT2D eigenvalue weighted by Crippen LogP contribution is -2.30. The number of ether oxygens (including phenoxy) is 3. The summed E-state index contributed by atoms with van der Waals surface area (Å²) in [6.07, 6.45) is 88.3. The number of hydrogen-bond acceptors (Lipinski definition) is 6. The SMILES string of the molecule is CC/C=C\C/C=C\C/C=C\CCCCCCCC(=O)OCC(COC(=O)CCCCCCCCCCCCCCCCCCCCCCCCCCCCCC)OC(=O)CCCCCCCCCCC/C=C\C/C=C\CCCCC. The molecule has 0 saturated heterocycles. The van der Waals surface area contributed by atoms with Crippen molar-refractivity contribution in [2.45, 2.75) is 380 Å². The van der Waals surface area contributed by atoms with E-state index >= 15 is 0 Å². The van der Waals surface area contributed by atoms with Gasteiger partial charge >= 0.3 is 17.9 Å². The van der Waals surface area contributed by atoms with Crippen LogP contribution in [0.1, 0.15) is 374 Å². The zero-order chi connectivity index (χ0) is 57.8. The first-order valence-electron chi connectivity index (χ1n) is 35.3. The van der Waals surface area contributed by atoms with Crippen molar-refractivity contribution < 1.29 is 28.6 Å². The highest BCUT2D eigenvalue weighted by atomic mass is 16.6. The molecule has 0 spiro atoms. The number of hydrogen-bond donors (Lipinski definition) is 0. The van der Waals surface area contributed by atoms with Crippen molar-refractivity contribution in [3.05, 3.63) is 60.8 Å². The van der Waals surface area contributed by atoms with Gasteiger partial charge in [0.15, 0.2) is 6.10 Å². The lowest BCUT2D eigenvalue weighted by atomic mass is 10.0. The Morgan fingerprint density at radius 2 is 0.487 bits per heavy atom. The highest BCUT2D eigenvalue weighted by molar-refractivity contribution is 5.71. The molecule has 0 aliphatic rings. The molecule has 6 heteroatoms. The molecule has 1 atom stereocenters. The molecule has 466 valence electrons. The quantitative estimate of drug-likeness (QED) is 0.0261. The summed E-state index contributed by atoms with van der Waals surface area (Å²) in [6, 6.07) is 0. The van der Waals surface area contributed by atoms with Gasteiger partial charge in [-0.3, -0.25) is 14.4 Å². The summed E-state index contributed by atoms with van der Waals surface area (Å²) < 4.78 is 17.0. The Kier molecular flexibility index (Phi) is 66.1. The molecule has 0 aliphatic heterocycles. The van der Waals surface area contributed by atoms with Gasteiger partial charge < -0.3 is 14.2 Å². The first-order valence-corrected chi connectivity index (χ1v) is 35.3. The Balaban J connectivity index is 4.24. The first-order chi connectivity index (χ1) is 39.5. The maximum absolute atomic E-state index is 12.9. The molecule has 0 aliphatic carbocycles. The average Bonchev–Trinajstić information content (AvgIpc) is 3.46. The minimum Gasteiger partial charge on any atom is -0.462 e. The van der Waals surface area contributed by atoms with E-state index in [1.54, 1.807) is 0 Å². The van der Waals surface area contributed by atoms with Crippen molar-refractivity contribution >= 4 is 17.9 Å². The van der Waals surface area contributed by atoms with E-state index in [1.807, 2.05) is 0 Å². The van der Waals surface area contributed by atoms with Gasteiger partial charge in [0.25, 0.3) is 0 Å². The molecule has 0 saturated carbocycles. The van der Waals surface area contributed by atoms with Crippen LogP contribution in [0.2, 0.25) is 0 Å². The number of rotatable bonds is 65. The second kappa shape index (κ2) is 68.6. The number of unbranched alkanes of at least 4 members (excludes halogenated alkanes) is 44. The predicted octanol–water partition coefficient (Wildman–Crippen LogP) is 24.3. The largest absolute Gasteiger partial charge is 0.462 e. The summed E-state index contributed by atoms with van der Waals surface area (Å²) in [5.74, 6) is -0.878. The smallest absolute Gasteiger partial charge is 0.306 e. The fraction of sp³-hybridized carbons (Fsp3) is 0.824. The lowest BCUT2D eigenvalue weighted by molar-refractivity contribution is -0.167. The second-order valence-corrected chi connectivity index (χ2v) is 23.8. The van der Waals surface area contributed by atoms with Crippen molar-refractivity contribution in [2.24, 2.45) is 0 Å². The van der Waals surface area contributed by atoms with Crippen LogP contribution in [0.4, 0.5) is 0 Å². The molecule has 0 fully saturated rings. The molecule has 80 heavy (non-hydrogen) atoms. The molecule has 0 N–H and O–H groups in total. The zero-order valence-electron chi connectivity index (χ0n) is 53.6. The van der Waals surface area contributed by atoms with E-state index in [1.165, 1.54) is 231 Å². The Morgan fingerprint density at radius 1 is 0.263 bits per heavy atom. The van der Waals surface area contributed by atoms with Crippen LogP contribution in [0.15, 0.2) is 60.8 Å². The van der Waals surface area contributed by atoms with E-state index < -0.39 is 6.10 Å². The zero-order valence-corrected chi connectivity index (χ0v) is 53.6. The average molecular weight is 1120 g/mol. The maximum atomic E-state index is 12.9. The number of allylic oxidation sites excluding steroid dienone is 10. The Bertz CT molecular complexity index is 1430. The summed E-state index contributed by atoms with van der Waals surface area (Å²) in [5.41, 5.74) is 0. The molecule has 0 aromatic heterocycles. The monoisotopic (exact) mass is 1120 g/mol. The lowest BCUT2D eigenvalue weighted by Gasteiger charge is -2.18. The fourth-order valence-corrected chi connectivity index (χ4v) is 10.5. The molecule has 0 heterocycles. The van der Waals surface area contributed by atoms with Gasteiger partial charge in [-0.15, -0.1) is 0 Å². The molecule has 6 nitrogen and oxygen atoms in total. The molecule has 0 rings (SSSR count). The molecule has 1 unspecified atom stereocenters. The van der Waals surface area contributed by atoms with Crippen LogP contribution >= 0.6 is 0 Å². The molecule has 0 aromatic carbocycles. The molecular formula is C74H134O6. The van der Waals surface area contributed by atoms with Gasteiger partial charge in [0.2, 0.25) is 0 Å². The normalized spacial score (nSPS) is 12.4. The standard InChI is InChI=1S/C74H134O6/c1-4-7-10-13-16-19-22-25-28-30-32-33-34-35-36-37-38-39-40-42-43-46-49-52-55-58-61-64-67-73(76)79-70-71(69-78-72(75)66-63-60-57-54-51-48-45-27-24-21-18-15-12-9-6-3)80-74(77)68-65-62-59-56-53-50-47-44-41-31-29-26-23-20-17-14-11-8-5-2/h9,12,17-18,20-21,26-27,29,45,71H,4-8,10-11,13-16,19,22-25,28,30-44,46-70H2,1-3H3/b12-9-,20-17-,21-18-,29-26-,45-27-. The third kappa shape index (κ3) is 65.9. The van der Waals surface area contributed by atoms with Crippen molar-refractivity contribution in [3.8, 4) is 0 Å². The molecule has 0 amide bonds. The minimum absolute atomic E-state index is 0.0781. The highest BCUT2D eigenvalue weighted by Gasteiger charge is 2.19. The van der Waals surface area contributed by atoms with Gasteiger partial charge in [0, 0.05) is 19.3 Å². The number of carbonyl (C=O) groups is 3. The highest BCUT2D eigenvalue weighted by Crippen LogP contribution is 2.18. The van der Waals surface area contributed by atoms with Crippen LogP contribution in [0.25, 0.3) is 0 Å². The van der Waals surface area contributed by atoms with Crippen molar-refractivity contribution in [1.82, 2.24) is 0 Å². The van der Waals surface area contributed by atoms with E-state index in [2.05, 4.69) is 81.5 Å². The van der Waals surface area contributed by atoms with Gasteiger partial charge in [-0.05, 0) is 83.5 Å². The van der Waals surface area contributed by atoms with Crippen LogP contribution in [0.3, 0.4) is 0 Å². The van der Waals surface area contributed by atoms with Crippen LogP contribution in [0, 0.1) is 0 Å². The third-order valence-electron chi connectivity index (χ3n) is 15.8. The summed E-state index contributed by atoms with van der Waals surface area (Å²) in [5, 5.41) is 0. The Morgan fingerprint density at radius 3 is 0.787 bits per heavy atom. The topological polar surface area (TPSA) is 78.9 Å². The van der Waals surface area contributed by atoms with E-state index in [0.717, 1.165) is 103 Å². The Labute approximate surface area is 498 Å². The molecular weight excluding hydrogens is 985 g/mol. The van der Waals surface area contributed by atoms with E-state index in [4.69, 9.17) is 14.2 Å². The first kappa shape index (κ1) is 77.1. The van der Waals surface area contributed by atoms with E-state index in [-0.39, 0.29) is 31.1 Å². The van der Waals surface area contributed by atoms with E-state index in [0.29, 0.717) is 19.3 Å². The predicted molar refractivity (Wildman–Crippen MR) is 348 cm³/mol. The van der Waals surface area contributed by atoms with Crippen LogP contribution in [0.5, 0.6) is 0 Å². The van der Waals surface area contributed by atoms with Gasteiger partial charge in [-0.1, -0.05) is 332 Å². The van der Waals surface area contributed by atoms with E-state index in [9.17, 15) is 14.4 Å². The van der Waals surface area contributed by atoms with Gasteiger partial charge in [-0.2, -0.15) is 0 Å². The van der Waals surface area contributed by atoms with Gasteiger partial charge in [0.05, 0.1) is 0 Å². The van der Waals surface area contributed by atoms with Crippen LogP contribution < -0.4 is 0 Å². The maximum Gasteiger partial charge on any atom is 0.306 e. The molecule has 0 radical (unpaired) electrons. The van der Waals surface area contributed by atoms with Crippen LogP contribution in [-0.2, 0) is 28.6 Å².